The molecule has 1 fully saturated rings. The van der Waals surface area contributed by atoms with Gasteiger partial charge in [0.15, 0.2) is 0 Å². The molecule has 1 aliphatic heterocycles. The van der Waals surface area contributed by atoms with Crippen molar-refractivity contribution in [3.8, 4) is 0 Å². The van der Waals surface area contributed by atoms with Gasteiger partial charge >= 0.3 is 0 Å². The van der Waals surface area contributed by atoms with Crippen LogP contribution in [-0.2, 0) is 10.3 Å². The first kappa shape index (κ1) is 17.7. The number of fused-ring (bicyclic) bond motifs is 1. The van der Waals surface area contributed by atoms with Gasteiger partial charge in [-0.25, -0.2) is 8.78 Å². The van der Waals surface area contributed by atoms with Crippen LogP contribution in [0.25, 0.3) is 10.8 Å². The summed E-state index contributed by atoms with van der Waals surface area (Å²) in [7, 11) is 1.64. The Bertz CT molecular complexity index is 786. The van der Waals surface area contributed by atoms with Crippen LogP contribution >= 0.6 is 0 Å². The number of hydrogen-bond acceptors (Lipinski definition) is 3. The smallest absolute Gasteiger partial charge is 0.265 e. The number of halogens is 2. The molecule has 1 saturated heterocycles. The first-order chi connectivity index (χ1) is 11.7. The molecule has 134 valence electrons. The molecule has 3 rings (SSSR count). The Morgan fingerprint density at radius 1 is 1.36 bits per heavy atom. The van der Waals surface area contributed by atoms with Crippen molar-refractivity contribution in [1.82, 2.24) is 15.2 Å². The molecule has 1 aromatic heterocycles. The van der Waals surface area contributed by atoms with Crippen LogP contribution in [0.5, 0.6) is 0 Å². The second-order valence-corrected chi connectivity index (χ2v) is 7.27. The maximum atomic E-state index is 13.9. The standard InChI is InChI=1S/C19H23F2N3O/c1-18(2,17-14-7-5-4-6-13(14)8-10-22-17)23-16(25)12-15-19(20,21)9-11-24(15)3/h4-8,10,15H,9,11-12H2,1-3H3,(H,23,25). The monoisotopic (exact) mass is 347 g/mol. The average Bonchev–Trinajstić information content (AvgIpc) is 2.80. The van der Waals surface area contributed by atoms with Crippen molar-refractivity contribution in [2.45, 2.75) is 44.2 Å². The number of amides is 1. The summed E-state index contributed by atoms with van der Waals surface area (Å²) in [6.45, 7) is 3.99. The SMILES string of the molecule is CN1CCC(F)(F)C1CC(=O)NC(C)(C)c1nccc2ccccc12. The molecular formula is C19H23F2N3O. The van der Waals surface area contributed by atoms with E-state index in [0.29, 0.717) is 6.54 Å². The van der Waals surface area contributed by atoms with Gasteiger partial charge in [0.1, 0.15) is 0 Å². The quantitative estimate of drug-likeness (QED) is 0.923. The van der Waals surface area contributed by atoms with Crippen molar-refractivity contribution in [3.05, 3.63) is 42.2 Å². The summed E-state index contributed by atoms with van der Waals surface area (Å²) in [4.78, 5) is 18.5. The Kier molecular flexibility index (Phi) is 4.49. The van der Waals surface area contributed by atoms with Crippen LogP contribution in [0.3, 0.4) is 0 Å². The van der Waals surface area contributed by atoms with E-state index in [1.807, 2.05) is 44.2 Å². The number of aromatic nitrogens is 1. The third-order valence-corrected chi connectivity index (χ3v) is 4.91. The van der Waals surface area contributed by atoms with E-state index in [1.54, 1.807) is 18.1 Å². The van der Waals surface area contributed by atoms with Crippen LogP contribution in [0.4, 0.5) is 8.78 Å². The van der Waals surface area contributed by atoms with Crippen LogP contribution in [-0.4, -0.2) is 41.3 Å². The Hall–Kier alpha value is -2.08. The van der Waals surface area contributed by atoms with Gasteiger partial charge in [-0.2, -0.15) is 0 Å². The molecule has 6 heteroatoms. The number of likely N-dealkylation sites (tertiary alicyclic amines) is 1. The fourth-order valence-electron chi connectivity index (χ4n) is 3.53. The zero-order valence-electron chi connectivity index (χ0n) is 14.7. The van der Waals surface area contributed by atoms with E-state index in [1.165, 1.54) is 0 Å². The number of benzene rings is 1. The molecule has 1 N–H and O–H groups in total. The second-order valence-electron chi connectivity index (χ2n) is 7.27. The van der Waals surface area contributed by atoms with E-state index in [-0.39, 0.29) is 12.8 Å². The molecule has 0 radical (unpaired) electrons. The van der Waals surface area contributed by atoms with Crippen LogP contribution in [0, 0.1) is 0 Å². The lowest BCUT2D eigenvalue weighted by atomic mass is 9.94. The lowest BCUT2D eigenvalue weighted by Crippen LogP contribution is -2.46. The van der Waals surface area contributed by atoms with Crippen LogP contribution in [0.1, 0.15) is 32.4 Å². The van der Waals surface area contributed by atoms with Crippen LogP contribution in [0.2, 0.25) is 0 Å². The van der Waals surface area contributed by atoms with Gasteiger partial charge in [0.05, 0.1) is 17.3 Å². The minimum absolute atomic E-state index is 0.199. The predicted octanol–water partition coefficient (Wildman–Crippen LogP) is 3.32. The van der Waals surface area contributed by atoms with Crippen molar-refractivity contribution >= 4 is 16.7 Å². The first-order valence-corrected chi connectivity index (χ1v) is 8.44. The summed E-state index contributed by atoms with van der Waals surface area (Å²) in [6, 6.07) is 8.64. The zero-order chi connectivity index (χ0) is 18.2. The first-order valence-electron chi connectivity index (χ1n) is 8.44. The lowest BCUT2D eigenvalue weighted by Gasteiger charge is -2.29. The van der Waals surface area contributed by atoms with Gasteiger partial charge in [0, 0.05) is 31.0 Å². The maximum absolute atomic E-state index is 13.9. The van der Waals surface area contributed by atoms with Gasteiger partial charge in [-0.1, -0.05) is 24.3 Å². The minimum atomic E-state index is -2.83. The predicted molar refractivity (Wildman–Crippen MR) is 93.5 cm³/mol. The highest BCUT2D eigenvalue weighted by molar-refractivity contribution is 5.86. The number of hydrogen-bond donors (Lipinski definition) is 1. The van der Waals surface area contributed by atoms with Gasteiger partial charge in [0.25, 0.3) is 5.92 Å². The molecule has 1 amide bonds. The van der Waals surface area contributed by atoms with E-state index in [9.17, 15) is 13.6 Å². The van der Waals surface area contributed by atoms with Crippen LogP contribution < -0.4 is 5.32 Å². The van der Waals surface area contributed by atoms with Crippen molar-refractivity contribution in [2.75, 3.05) is 13.6 Å². The fourth-order valence-corrected chi connectivity index (χ4v) is 3.53. The van der Waals surface area contributed by atoms with E-state index < -0.39 is 23.4 Å². The van der Waals surface area contributed by atoms with Crippen molar-refractivity contribution in [2.24, 2.45) is 0 Å². The van der Waals surface area contributed by atoms with Crippen LogP contribution in [0.15, 0.2) is 36.5 Å². The molecule has 4 nitrogen and oxygen atoms in total. The summed E-state index contributed by atoms with van der Waals surface area (Å²) >= 11 is 0. The maximum Gasteiger partial charge on any atom is 0.265 e. The number of alkyl halides is 2. The van der Waals surface area contributed by atoms with Crippen molar-refractivity contribution in [3.63, 3.8) is 0 Å². The van der Waals surface area contributed by atoms with E-state index in [0.717, 1.165) is 16.5 Å². The van der Waals surface area contributed by atoms with Gasteiger partial charge in [-0.3, -0.25) is 14.7 Å². The molecular weight excluding hydrogens is 324 g/mol. The fraction of sp³-hybridized carbons (Fsp3) is 0.474. The number of pyridine rings is 1. The molecule has 0 saturated carbocycles. The zero-order valence-corrected chi connectivity index (χ0v) is 14.7. The normalized spacial score (nSPS) is 20.8. The van der Waals surface area contributed by atoms with Gasteiger partial charge in [-0.05, 0) is 32.3 Å². The average molecular weight is 347 g/mol. The molecule has 0 spiro atoms. The third-order valence-electron chi connectivity index (χ3n) is 4.91. The van der Waals surface area contributed by atoms with Gasteiger partial charge in [-0.15, -0.1) is 0 Å². The molecule has 1 atom stereocenters. The molecule has 0 aliphatic carbocycles. The Balaban J connectivity index is 1.80. The number of carbonyl (C=O) groups excluding carboxylic acids is 1. The Labute approximate surface area is 146 Å². The highest BCUT2D eigenvalue weighted by Crippen LogP contribution is 2.35. The topological polar surface area (TPSA) is 45.2 Å². The number of nitrogens with one attached hydrogen (secondary N) is 1. The van der Waals surface area contributed by atoms with Crippen molar-refractivity contribution in [1.29, 1.82) is 0 Å². The number of rotatable bonds is 4. The van der Waals surface area contributed by atoms with E-state index in [4.69, 9.17) is 0 Å². The molecule has 1 aliphatic rings. The van der Waals surface area contributed by atoms with Gasteiger partial charge in [0.2, 0.25) is 5.91 Å². The number of nitrogens with zero attached hydrogens (tertiary/aromatic N) is 2. The van der Waals surface area contributed by atoms with Gasteiger partial charge < -0.3 is 5.32 Å². The van der Waals surface area contributed by atoms with E-state index in [2.05, 4.69) is 10.3 Å². The Morgan fingerprint density at radius 2 is 2.08 bits per heavy atom. The van der Waals surface area contributed by atoms with E-state index >= 15 is 0 Å². The largest absolute Gasteiger partial charge is 0.346 e. The second kappa shape index (κ2) is 6.33. The Morgan fingerprint density at radius 3 is 2.76 bits per heavy atom. The molecule has 25 heavy (non-hydrogen) atoms. The summed E-state index contributed by atoms with van der Waals surface area (Å²) in [6.07, 6.45) is 1.28. The highest BCUT2D eigenvalue weighted by atomic mass is 19.3. The lowest BCUT2D eigenvalue weighted by molar-refractivity contribution is -0.127. The molecule has 2 heterocycles. The molecule has 0 bridgehead atoms. The summed E-state index contributed by atoms with van der Waals surface area (Å²) in [5, 5.41) is 4.86. The minimum Gasteiger partial charge on any atom is -0.346 e. The summed E-state index contributed by atoms with van der Waals surface area (Å²) < 4.78 is 27.9. The molecule has 1 aromatic carbocycles. The summed E-state index contributed by atoms with van der Waals surface area (Å²) in [5.41, 5.74) is -0.0322. The van der Waals surface area contributed by atoms with Crippen molar-refractivity contribution < 1.29 is 13.6 Å². The molecule has 1 unspecified atom stereocenters. The highest BCUT2D eigenvalue weighted by Gasteiger charge is 2.48. The summed E-state index contributed by atoms with van der Waals surface area (Å²) in [5.74, 6) is -3.22. The molecule has 2 aromatic rings. The third kappa shape index (κ3) is 3.49. The number of carbonyl (C=O) groups is 1.